The van der Waals surface area contributed by atoms with Crippen LogP contribution in [0.4, 0.5) is 11.5 Å². The van der Waals surface area contributed by atoms with Crippen LogP contribution in [0.3, 0.4) is 0 Å². The van der Waals surface area contributed by atoms with E-state index in [2.05, 4.69) is 15.6 Å². The van der Waals surface area contributed by atoms with Crippen LogP contribution < -0.4 is 11.1 Å². The van der Waals surface area contributed by atoms with Crippen molar-refractivity contribution in [2.45, 2.75) is 11.8 Å². The summed E-state index contributed by atoms with van der Waals surface area (Å²) in [7, 11) is -4.02. The smallest absolute Gasteiger partial charge is 0.286 e. The summed E-state index contributed by atoms with van der Waals surface area (Å²) < 4.78 is 25.6. The Kier molecular flexibility index (Phi) is 4.24. The average Bonchev–Trinajstić information content (AvgIpc) is 2.98. The third-order valence-corrected chi connectivity index (χ3v) is 5.03. The predicted octanol–water partition coefficient (Wildman–Crippen LogP) is 1.66. The molecule has 0 aliphatic heterocycles. The van der Waals surface area contributed by atoms with Crippen LogP contribution in [0.25, 0.3) is 0 Å². The van der Waals surface area contributed by atoms with E-state index in [1.54, 1.807) is 36.4 Å². The highest BCUT2D eigenvalue weighted by Crippen LogP contribution is 2.19. The van der Waals surface area contributed by atoms with Crippen LogP contribution in [0.1, 0.15) is 16.1 Å². The summed E-state index contributed by atoms with van der Waals surface area (Å²) in [5.41, 5.74) is 7.05. The van der Waals surface area contributed by atoms with Gasteiger partial charge in [-0.1, -0.05) is 30.3 Å². The van der Waals surface area contributed by atoms with Gasteiger partial charge in [-0.05, 0) is 42.0 Å². The molecule has 0 radical (unpaired) electrons. The minimum atomic E-state index is -4.02. The Hall–Kier alpha value is -3.20. The average molecular weight is 357 g/mol. The van der Waals surface area contributed by atoms with Crippen molar-refractivity contribution in [3.05, 3.63) is 65.9 Å². The number of nitrogens with one attached hydrogen (secondary N) is 1. The first-order chi connectivity index (χ1) is 11.9. The van der Waals surface area contributed by atoms with E-state index >= 15 is 0 Å². The van der Waals surface area contributed by atoms with Crippen molar-refractivity contribution in [1.82, 2.24) is 14.4 Å². The molecule has 8 nitrogen and oxygen atoms in total. The molecule has 128 valence electrons. The third-order valence-electron chi connectivity index (χ3n) is 3.43. The number of aryl methyl sites for hydroxylation is 1. The Labute approximate surface area is 144 Å². The number of benzene rings is 2. The van der Waals surface area contributed by atoms with Crippen molar-refractivity contribution in [3.8, 4) is 0 Å². The van der Waals surface area contributed by atoms with Crippen molar-refractivity contribution in [2.75, 3.05) is 11.1 Å². The minimum Gasteiger partial charge on any atom is -0.381 e. The molecule has 1 amide bonds. The molecule has 9 heteroatoms. The molecule has 0 bridgehead atoms. The first-order valence-electron chi connectivity index (χ1n) is 7.29. The Morgan fingerprint density at radius 3 is 2.52 bits per heavy atom. The van der Waals surface area contributed by atoms with Crippen molar-refractivity contribution >= 4 is 27.4 Å². The zero-order valence-corrected chi connectivity index (χ0v) is 14.1. The molecule has 0 unspecified atom stereocenters. The molecular formula is C16H15N5O3S. The number of amides is 1. The molecule has 1 aromatic heterocycles. The molecule has 0 fully saturated rings. The lowest BCUT2D eigenvalue weighted by atomic mass is 10.2. The van der Waals surface area contributed by atoms with Gasteiger partial charge in [-0.15, -0.1) is 9.19 Å². The van der Waals surface area contributed by atoms with Crippen molar-refractivity contribution < 1.29 is 13.2 Å². The van der Waals surface area contributed by atoms with Crippen molar-refractivity contribution in [2.24, 2.45) is 0 Å². The number of carbonyl (C=O) groups excluding carboxylic acids is 1. The number of nitrogen functional groups attached to an aromatic ring is 1. The summed E-state index contributed by atoms with van der Waals surface area (Å²) in [4.78, 5) is 12.3. The third kappa shape index (κ3) is 3.22. The van der Waals surface area contributed by atoms with Gasteiger partial charge in [0.25, 0.3) is 15.9 Å². The Balaban J connectivity index is 1.92. The molecule has 0 atom stereocenters. The van der Waals surface area contributed by atoms with Crippen molar-refractivity contribution in [3.63, 3.8) is 0 Å². The highest BCUT2D eigenvalue weighted by molar-refractivity contribution is 7.90. The maximum Gasteiger partial charge on any atom is 0.286 e. The lowest BCUT2D eigenvalue weighted by Crippen LogP contribution is -2.19. The van der Waals surface area contributed by atoms with E-state index in [1.807, 2.05) is 13.0 Å². The van der Waals surface area contributed by atoms with Gasteiger partial charge in [-0.3, -0.25) is 4.79 Å². The minimum absolute atomic E-state index is 0.00255. The van der Waals surface area contributed by atoms with E-state index in [0.717, 1.165) is 5.56 Å². The molecule has 2 aromatic carbocycles. The molecule has 3 N–H and O–H groups in total. The predicted molar refractivity (Wildman–Crippen MR) is 92.6 cm³/mol. The summed E-state index contributed by atoms with van der Waals surface area (Å²) in [5, 5.41) is 9.77. The van der Waals surface area contributed by atoms with Crippen LogP contribution in [-0.4, -0.2) is 28.7 Å². The van der Waals surface area contributed by atoms with Crippen LogP contribution in [-0.2, 0) is 10.0 Å². The van der Waals surface area contributed by atoms with E-state index in [1.165, 1.54) is 12.1 Å². The second-order valence-corrected chi connectivity index (χ2v) is 7.08. The van der Waals surface area contributed by atoms with Crippen LogP contribution in [0, 0.1) is 6.92 Å². The molecule has 0 aliphatic carbocycles. The van der Waals surface area contributed by atoms with Gasteiger partial charge in [-0.25, -0.2) is 0 Å². The van der Waals surface area contributed by atoms with Crippen LogP contribution in [0.15, 0.2) is 59.5 Å². The number of anilines is 2. The first-order valence-corrected chi connectivity index (χ1v) is 8.73. The lowest BCUT2D eigenvalue weighted by molar-refractivity contribution is 0.102. The molecule has 0 spiro atoms. The maximum atomic E-state index is 12.5. The Morgan fingerprint density at radius 2 is 1.84 bits per heavy atom. The number of aromatic nitrogens is 3. The van der Waals surface area contributed by atoms with Gasteiger partial charge in [0.1, 0.15) is 0 Å². The molecule has 1 heterocycles. The number of hydrogen-bond acceptors (Lipinski definition) is 6. The number of carbonyl (C=O) groups is 1. The van der Waals surface area contributed by atoms with Gasteiger partial charge in [0.2, 0.25) is 0 Å². The molecule has 0 saturated heterocycles. The van der Waals surface area contributed by atoms with Gasteiger partial charge < -0.3 is 11.1 Å². The van der Waals surface area contributed by atoms with Gasteiger partial charge in [0.05, 0.1) is 4.90 Å². The molecule has 3 aromatic rings. The van der Waals surface area contributed by atoms with E-state index in [4.69, 9.17) is 5.73 Å². The number of nitrogens with two attached hydrogens (primary N) is 1. The zero-order valence-electron chi connectivity index (χ0n) is 13.2. The normalized spacial score (nSPS) is 11.2. The molecule has 0 saturated carbocycles. The highest BCUT2D eigenvalue weighted by Gasteiger charge is 2.26. The van der Waals surface area contributed by atoms with Gasteiger partial charge in [0.15, 0.2) is 11.5 Å². The number of hydrogen-bond donors (Lipinski definition) is 2. The summed E-state index contributed by atoms with van der Waals surface area (Å²) in [6, 6.07) is 14.8. The Bertz CT molecular complexity index is 1030. The fourth-order valence-corrected chi connectivity index (χ4v) is 3.40. The summed E-state index contributed by atoms with van der Waals surface area (Å²) in [6.45, 7) is 1.88. The fourth-order valence-electron chi connectivity index (χ4n) is 2.22. The van der Waals surface area contributed by atoms with Gasteiger partial charge in [-0.2, -0.15) is 8.42 Å². The maximum absolute atomic E-state index is 12.5. The van der Waals surface area contributed by atoms with E-state index in [0.29, 0.717) is 9.77 Å². The van der Waals surface area contributed by atoms with Crippen LogP contribution in [0.5, 0.6) is 0 Å². The van der Waals surface area contributed by atoms with E-state index < -0.39 is 15.9 Å². The Morgan fingerprint density at radius 1 is 1.12 bits per heavy atom. The van der Waals surface area contributed by atoms with E-state index in [-0.39, 0.29) is 16.4 Å². The summed E-state index contributed by atoms with van der Waals surface area (Å²) in [5.74, 6) is -0.994. The monoisotopic (exact) mass is 357 g/mol. The fraction of sp³-hybridized carbons (Fsp3) is 0.0625. The van der Waals surface area contributed by atoms with Gasteiger partial charge in [0, 0.05) is 5.69 Å². The molecule has 25 heavy (non-hydrogen) atoms. The SMILES string of the molecule is Cc1cccc(NC(=O)c2nnn(S(=O)(=O)c3ccccc3)c2N)c1. The van der Waals surface area contributed by atoms with Gasteiger partial charge >= 0.3 is 0 Å². The van der Waals surface area contributed by atoms with Crippen LogP contribution >= 0.6 is 0 Å². The zero-order chi connectivity index (χ0) is 18.0. The second kappa shape index (κ2) is 6.36. The summed E-state index contributed by atoms with van der Waals surface area (Å²) >= 11 is 0. The van der Waals surface area contributed by atoms with E-state index in [9.17, 15) is 13.2 Å². The number of rotatable bonds is 4. The van der Waals surface area contributed by atoms with Crippen LogP contribution in [0.2, 0.25) is 0 Å². The highest BCUT2D eigenvalue weighted by atomic mass is 32.2. The largest absolute Gasteiger partial charge is 0.381 e. The second-order valence-electron chi connectivity index (χ2n) is 5.31. The van der Waals surface area contributed by atoms with Crippen molar-refractivity contribution in [1.29, 1.82) is 0 Å². The lowest BCUT2D eigenvalue weighted by Gasteiger charge is -2.06. The molecular weight excluding hydrogens is 342 g/mol. The molecule has 0 aliphatic rings. The number of nitrogens with zero attached hydrogens (tertiary/aromatic N) is 3. The first kappa shape index (κ1) is 16.7. The summed E-state index contributed by atoms with van der Waals surface area (Å²) in [6.07, 6.45) is 0. The standard InChI is InChI=1S/C16H15N5O3S/c1-11-6-5-7-12(10-11)18-16(22)14-15(17)21(20-19-14)25(23,24)13-8-3-2-4-9-13/h2-10H,17H2,1H3,(H,18,22). The molecule has 3 rings (SSSR count). The quantitative estimate of drug-likeness (QED) is 0.733. The topological polar surface area (TPSA) is 120 Å².